The molecule has 1 aliphatic heterocycles. The predicted octanol–water partition coefficient (Wildman–Crippen LogP) is 5.32. The first-order valence-corrected chi connectivity index (χ1v) is 12.0. The number of carbonyl (C=O) groups is 1. The van der Waals surface area contributed by atoms with Crippen LogP contribution in [0.1, 0.15) is 54.5 Å². The van der Waals surface area contributed by atoms with Gasteiger partial charge in [0.05, 0.1) is 16.4 Å². The van der Waals surface area contributed by atoms with Crippen LogP contribution < -0.4 is 0 Å². The molecule has 1 aliphatic rings. The smallest absolute Gasteiger partial charge is 0.417 e. The van der Waals surface area contributed by atoms with Gasteiger partial charge in [0, 0.05) is 18.4 Å². The Hall–Kier alpha value is -2.68. The Kier molecular flexibility index (Phi) is 7.62. The molecule has 3 rings (SSSR count). The average molecular weight is 482 g/mol. The molecule has 0 aliphatic carbocycles. The van der Waals surface area contributed by atoms with E-state index in [1.807, 2.05) is 32.9 Å². The van der Waals surface area contributed by atoms with Gasteiger partial charge < -0.3 is 9.84 Å². The van der Waals surface area contributed by atoms with Gasteiger partial charge in [-0.1, -0.05) is 31.5 Å². The summed E-state index contributed by atoms with van der Waals surface area (Å²) >= 11 is 0. The van der Waals surface area contributed by atoms with Gasteiger partial charge in [-0.25, -0.2) is 9.78 Å². The molecule has 33 heavy (non-hydrogen) atoms. The number of ether oxygens (including phenoxy) is 1. The molecule has 1 aromatic heterocycles. The van der Waals surface area contributed by atoms with Crippen molar-refractivity contribution >= 4 is 22.3 Å². The van der Waals surface area contributed by atoms with Crippen LogP contribution in [-0.4, -0.2) is 32.1 Å². The largest absolute Gasteiger partial charge is 0.511 e. The van der Waals surface area contributed by atoms with E-state index in [2.05, 4.69) is 4.98 Å². The molecule has 0 spiro atoms. The summed E-state index contributed by atoms with van der Waals surface area (Å²) in [4.78, 5) is 16.5. The summed E-state index contributed by atoms with van der Waals surface area (Å²) < 4.78 is 56.0. The van der Waals surface area contributed by atoms with Crippen molar-refractivity contribution in [2.45, 2.75) is 63.8 Å². The third kappa shape index (κ3) is 5.63. The van der Waals surface area contributed by atoms with Crippen LogP contribution in [0.5, 0.6) is 0 Å². The van der Waals surface area contributed by atoms with Crippen LogP contribution >= 0.6 is 0 Å². The van der Waals surface area contributed by atoms with Crippen LogP contribution in [0.3, 0.4) is 0 Å². The molecule has 1 aromatic carbocycles. The van der Waals surface area contributed by atoms with Gasteiger partial charge in [-0.15, -0.1) is 0 Å². The maximum absolute atomic E-state index is 12.8. The minimum atomic E-state index is -4.52. The number of aryl methyl sites for hydroxylation is 3. The zero-order chi connectivity index (χ0) is 24.3. The van der Waals surface area contributed by atoms with E-state index in [1.54, 1.807) is 0 Å². The molecule has 2 heterocycles. The monoisotopic (exact) mass is 481 g/mol. The molecule has 178 valence electrons. The molecule has 0 saturated carbocycles. The van der Waals surface area contributed by atoms with Gasteiger partial charge >= 0.3 is 12.1 Å². The fraction of sp³-hybridized carbons (Fsp3) is 0.417. The van der Waals surface area contributed by atoms with E-state index in [4.69, 9.17) is 4.74 Å². The van der Waals surface area contributed by atoms with Crippen molar-refractivity contribution in [3.63, 3.8) is 0 Å². The highest BCUT2D eigenvalue weighted by Crippen LogP contribution is 2.35. The number of aliphatic hydroxyl groups is 1. The fourth-order valence-electron chi connectivity index (χ4n) is 3.94. The lowest BCUT2D eigenvalue weighted by atomic mass is 9.87. The Morgan fingerprint density at radius 3 is 2.30 bits per heavy atom. The Labute approximate surface area is 193 Å². The second-order valence-corrected chi connectivity index (χ2v) is 9.46. The lowest BCUT2D eigenvalue weighted by molar-refractivity contribution is -0.143. The highest BCUT2D eigenvalue weighted by Gasteiger charge is 2.33. The van der Waals surface area contributed by atoms with Crippen molar-refractivity contribution in [2.24, 2.45) is 0 Å². The normalized spacial score (nSPS) is 17.8. The van der Waals surface area contributed by atoms with E-state index in [0.29, 0.717) is 24.6 Å². The summed E-state index contributed by atoms with van der Waals surface area (Å²) in [5.41, 5.74) is 2.96. The maximum Gasteiger partial charge on any atom is 0.417 e. The molecule has 0 fully saturated rings. The number of halogens is 3. The van der Waals surface area contributed by atoms with Crippen molar-refractivity contribution in [3.8, 4) is 0 Å². The number of aromatic nitrogens is 1. The number of alkyl halides is 3. The molecule has 2 atom stereocenters. The molecule has 5 nitrogen and oxygen atoms in total. The third-order valence-electron chi connectivity index (χ3n) is 5.57. The number of rotatable bonds is 7. The van der Waals surface area contributed by atoms with Crippen LogP contribution in [0.2, 0.25) is 0 Å². The van der Waals surface area contributed by atoms with E-state index in [1.165, 1.54) is 0 Å². The van der Waals surface area contributed by atoms with Gasteiger partial charge in [-0.2, -0.15) is 13.2 Å². The van der Waals surface area contributed by atoms with Crippen LogP contribution in [0.25, 0.3) is 5.57 Å². The van der Waals surface area contributed by atoms with Crippen molar-refractivity contribution in [3.05, 3.63) is 64.0 Å². The highest BCUT2D eigenvalue weighted by molar-refractivity contribution is 7.84. The molecular weight excluding hydrogens is 455 g/mol. The molecule has 0 bridgehead atoms. The lowest BCUT2D eigenvalue weighted by Crippen LogP contribution is -2.28. The predicted molar refractivity (Wildman–Crippen MR) is 119 cm³/mol. The summed E-state index contributed by atoms with van der Waals surface area (Å²) in [7, 11) is -1.67. The number of esters is 1. The maximum atomic E-state index is 12.8. The first-order chi connectivity index (χ1) is 15.5. The average Bonchev–Trinajstić information content (AvgIpc) is 2.76. The van der Waals surface area contributed by atoms with Crippen LogP contribution in [0, 0.1) is 6.92 Å². The Morgan fingerprint density at radius 2 is 1.82 bits per heavy atom. The number of hydrogen-bond acceptors (Lipinski definition) is 5. The standard InChI is InChI=1S/C24H26F3NO4S/c1-4-15-10-14(3)11-16(5-2)21(15)22-19(29)12-18(32-23(22)30)8-9-33(31)20-7-6-17(13-28-20)24(25,26)27/h6-7,10-11,13,18,29H,4-5,8-9,12H2,1-3H3. The molecule has 0 amide bonds. The minimum Gasteiger partial charge on any atom is -0.511 e. The summed E-state index contributed by atoms with van der Waals surface area (Å²) in [6.45, 7) is 5.95. The van der Waals surface area contributed by atoms with Gasteiger partial charge in [0.1, 0.15) is 22.5 Å². The van der Waals surface area contributed by atoms with Crippen molar-refractivity contribution in [1.29, 1.82) is 0 Å². The Morgan fingerprint density at radius 1 is 1.18 bits per heavy atom. The molecule has 9 heteroatoms. The van der Waals surface area contributed by atoms with Gasteiger partial charge in [0.2, 0.25) is 0 Å². The quantitative estimate of drug-likeness (QED) is 0.542. The second-order valence-electron chi connectivity index (χ2n) is 7.94. The number of hydrogen-bond donors (Lipinski definition) is 1. The summed E-state index contributed by atoms with van der Waals surface area (Å²) in [6.07, 6.45) is -2.91. The molecular formula is C24H26F3NO4S. The van der Waals surface area contributed by atoms with Crippen molar-refractivity contribution in [2.75, 3.05) is 5.75 Å². The Balaban J connectivity index is 1.74. The molecule has 0 radical (unpaired) electrons. The number of nitrogens with zero attached hydrogens (tertiary/aromatic N) is 1. The Bertz CT molecular complexity index is 1070. The first-order valence-electron chi connectivity index (χ1n) is 10.7. The number of cyclic esters (lactones) is 1. The van der Waals surface area contributed by atoms with Crippen LogP contribution in [-0.2, 0) is 39.3 Å². The minimum absolute atomic E-state index is 0.0189. The number of carbonyl (C=O) groups excluding carboxylic acids is 1. The van der Waals surface area contributed by atoms with Crippen LogP contribution in [0.15, 0.2) is 41.2 Å². The van der Waals surface area contributed by atoms with E-state index in [9.17, 15) is 27.3 Å². The fourth-order valence-corrected chi connectivity index (χ4v) is 5.02. The van der Waals surface area contributed by atoms with E-state index in [-0.39, 0.29) is 35.0 Å². The summed E-state index contributed by atoms with van der Waals surface area (Å²) in [6, 6.07) is 5.90. The van der Waals surface area contributed by atoms with Gasteiger partial charge in [0.15, 0.2) is 0 Å². The molecule has 2 aromatic rings. The number of benzene rings is 1. The van der Waals surface area contributed by atoms with Crippen molar-refractivity contribution < 1.29 is 32.0 Å². The van der Waals surface area contributed by atoms with E-state index in [0.717, 1.165) is 28.8 Å². The second kappa shape index (κ2) is 10.1. The number of pyridine rings is 1. The molecule has 0 saturated heterocycles. The number of aliphatic hydroxyl groups excluding tert-OH is 1. The highest BCUT2D eigenvalue weighted by atomic mass is 32.2. The summed E-state index contributed by atoms with van der Waals surface area (Å²) in [5.74, 6) is -0.664. The SMILES string of the molecule is CCc1cc(C)cc(CC)c1C1=C(O)CC(CCS(=O)c2ccc(C(F)(F)F)cn2)OC1=O. The van der Waals surface area contributed by atoms with Gasteiger partial charge in [-0.3, -0.25) is 4.21 Å². The van der Waals surface area contributed by atoms with Gasteiger partial charge in [0.25, 0.3) is 0 Å². The third-order valence-corrected chi connectivity index (χ3v) is 6.88. The van der Waals surface area contributed by atoms with E-state index < -0.39 is 34.6 Å². The van der Waals surface area contributed by atoms with Gasteiger partial charge in [-0.05, 0) is 55.0 Å². The van der Waals surface area contributed by atoms with Crippen molar-refractivity contribution in [1.82, 2.24) is 4.98 Å². The molecule has 2 unspecified atom stereocenters. The zero-order valence-corrected chi connectivity index (χ0v) is 19.5. The summed E-state index contributed by atoms with van der Waals surface area (Å²) in [5, 5.41) is 10.8. The molecule has 1 N–H and O–H groups in total. The lowest BCUT2D eigenvalue weighted by Gasteiger charge is -2.26. The first kappa shape index (κ1) is 25.0. The topological polar surface area (TPSA) is 76.5 Å². The zero-order valence-electron chi connectivity index (χ0n) is 18.7. The van der Waals surface area contributed by atoms with Crippen LogP contribution in [0.4, 0.5) is 13.2 Å². The van der Waals surface area contributed by atoms with E-state index >= 15 is 0 Å².